The molecule has 0 atom stereocenters. The van der Waals surface area contributed by atoms with Crippen molar-refractivity contribution in [1.82, 2.24) is 9.88 Å². The van der Waals surface area contributed by atoms with E-state index in [9.17, 15) is 4.79 Å². The number of ether oxygens (including phenoxy) is 3. The molecule has 0 aliphatic carbocycles. The summed E-state index contributed by atoms with van der Waals surface area (Å²) in [6.45, 7) is 7.48. The zero-order chi connectivity index (χ0) is 22.3. The molecule has 1 fully saturated rings. The Morgan fingerprint density at radius 2 is 1.88 bits per heavy atom. The molecule has 33 heavy (non-hydrogen) atoms. The van der Waals surface area contributed by atoms with Gasteiger partial charge < -0.3 is 14.2 Å². The van der Waals surface area contributed by atoms with Crippen LogP contribution in [-0.2, 0) is 4.74 Å². The van der Waals surface area contributed by atoms with Crippen LogP contribution in [0.25, 0.3) is 10.2 Å². The fourth-order valence-electron chi connectivity index (χ4n) is 3.71. The number of hydrogen-bond donors (Lipinski definition) is 0. The Kier molecular flexibility index (Phi) is 9.31. The van der Waals surface area contributed by atoms with Gasteiger partial charge in [-0.15, -0.1) is 12.4 Å². The number of thiazole rings is 1. The highest BCUT2D eigenvalue weighted by Gasteiger charge is 2.22. The monoisotopic (exact) mass is 491 g/mol. The minimum Gasteiger partial charge on any atom is -0.497 e. The van der Waals surface area contributed by atoms with Crippen LogP contribution in [0.15, 0.2) is 42.5 Å². The second-order valence-corrected chi connectivity index (χ2v) is 8.56. The summed E-state index contributed by atoms with van der Waals surface area (Å²) < 4.78 is 17.3. The lowest BCUT2D eigenvalue weighted by atomic mass is 10.2. The van der Waals surface area contributed by atoms with Crippen LogP contribution in [0, 0.1) is 0 Å². The second kappa shape index (κ2) is 12.2. The summed E-state index contributed by atoms with van der Waals surface area (Å²) >= 11 is 1.51. The van der Waals surface area contributed by atoms with Crippen LogP contribution in [0.5, 0.6) is 11.5 Å². The van der Waals surface area contributed by atoms with Gasteiger partial charge in [0.05, 0.1) is 37.1 Å². The molecule has 1 aromatic heterocycles. The number of anilines is 1. The van der Waals surface area contributed by atoms with E-state index < -0.39 is 0 Å². The van der Waals surface area contributed by atoms with Crippen molar-refractivity contribution in [2.45, 2.75) is 13.3 Å². The highest BCUT2D eigenvalue weighted by Crippen LogP contribution is 2.32. The van der Waals surface area contributed by atoms with Gasteiger partial charge in [-0.3, -0.25) is 14.6 Å². The fourth-order valence-corrected chi connectivity index (χ4v) is 4.73. The first-order valence-corrected chi connectivity index (χ1v) is 11.8. The maximum Gasteiger partial charge on any atom is 0.260 e. The Bertz CT molecular complexity index is 1040. The molecule has 1 aliphatic heterocycles. The van der Waals surface area contributed by atoms with E-state index in [0.29, 0.717) is 23.8 Å². The van der Waals surface area contributed by atoms with Gasteiger partial charge in [-0.1, -0.05) is 11.3 Å². The van der Waals surface area contributed by atoms with Crippen LogP contribution in [0.1, 0.15) is 23.7 Å². The largest absolute Gasteiger partial charge is 0.497 e. The van der Waals surface area contributed by atoms with Gasteiger partial charge in [0.1, 0.15) is 11.5 Å². The number of hydrogen-bond acceptors (Lipinski definition) is 7. The number of carbonyl (C=O) groups is 1. The molecule has 1 aliphatic rings. The molecule has 2 aromatic carbocycles. The zero-order valence-corrected chi connectivity index (χ0v) is 20.6. The maximum atomic E-state index is 13.5. The van der Waals surface area contributed by atoms with Gasteiger partial charge in [-0.25, -0.2) is 4.98 Å². The molecule has 178 valence electrons. The van der Waals surface area contributed by atoms with Gasteiger partial charge in [0.2, 0.25) is 0 Å². The van der Waals surface area contributed by atoms with Crippen molar-refractivity contribution in [1.29, 1.82) is 0 Å². The number of nitrogens with zero attached hydrogens (tertiary/aromatic N) is 3. The van der Waals surface area contributed by atoms with Crippen LogP contribution in [0.2, 0.25) is 0 Å². The van der Waals surface area contributed by atoms with Gasteiger partial charge in [0, 0.05) is 31.7 Å². The Hall–Kier alpha value is -2.39. The fraction of sp³-hybridized carbons (Fsp3) is 0.417. The van der Waals surface area contributed by atoms with Crippen molar-refractivity contribution in [2.75, 3.05) is 58.0 Å². The highest BCUT2D eigenvalue weighted by molar-refractivity contribution is 7.22. The molecule has 2 heterocycles. The first kappa shape index (κ1) is 25.2. The molecule has 7 nitrogen and oxygen atoms in total. The zero-order valence-electron chi connectivity index (χ0n) is 19.0. The lowest BCUT2D eigenvalue weighted by Gasteiger charge is -2.27. The third kappa shape index (κ3) is 6.35. The first-order valence-electron chi connectivity index (χ1n) is 11.0. The predicted molar refractivity (Wildman–Crippen MR) is 135 cm³/mol. The van der Waals surface area contributed by atoms with Crippen molar-refractivity contribution in [3.63, 3.8) is 0 Å². The first-order chi connectivity index (χ1) is 15.7. The Balaban J connectivity index is 0.00000306. The minimum atomic E-state index is -0.0546. The summed E-state index contributed by atoms with van der Waals surface area (Å²) in [7, 11) is 1.65. The number of halogens is 1. The Labute approximate surface area is 204 Å². The lowest BCUT2D eigenvalue weighted by molar-refractivity contribution is 0.0376. The van der Waals surface area contributed by atoms with Crippen molar-refractivity contribution < 1.29 is 19.0 Å². The topological polar surface area (TPSA) is 64.1 Å². The van der Waals surface area contributed by atoms with E-state index in [1.54, 1.807) is 12.0 Å². The number of amides is 1. The SMILES string of the molecule is CCOc1ccc(C(=O)N(CCCN2CCOCC2)c2nc3ccc(OC)cc3s2)cc1.Cl. The number of methoxy groups -OCH3 is 1. The number of morpholine rings is 1. The van der Waals surface area contributed by atoms with Crippen molar-refractivity contribution in [3.05, 3.63) is 48.0 Å². The molecule has 0 bridgehead atoms. The van der Waals surface area contributed by atoms with Crippen LogP contribution in [0.4, 0.5) is 5.13 Å². The van der Waals surface area contributed by atoms with Crippen LogP contribution in [-0.4, -0.2) is 68.9 Å². The van der Waals surface area contributed by atoms with E-state index in [1.807, 2.05) is 49.4 Å². The van der Waals surface area contributed by atoms with Crippen LogP contribution >= 0.6 is 23.7 Å². The van der Waals surface area contributed by atoms with E-state index in [0.717, 1.165) is 61.0 Å². The summed E-state index contributed by atoms with van der Waals surface area (Å²) in [5.74, 6) is 1.49. The van der Waals surface area contributed by atoms with Crippen LogP contribution in [0.3, 0.4) is 0 Å². The molecule has 1 saturated heterocycles. The van der Waals surface area contributed by atoms with Gasteiger partial charge >= 0.3 is 0 Å². The van der Waals surface area contributed by atoms with Crippen LogP contribution < -0.4 is 14.4 Å². The third-order valence-corrected chi connectivity index (χ3v) is 6.47. The summed E-state index contributed by atoms with van der Waals surface area (Å²) in [6.07, 6.45) is 0.863. The molecule has 4 rings (SSSR count). The average molecular weight is 492 g/mol. The molecule has 0 N–H and O–H groups in total. The molecule has 0 spiro atoms. The van der Waals surface area contributed by atoms with Crippen molar-refractivity contribution >= 4 is 45.0 Å². The summed E-state index contributed by atoms with van der Waals surface area (Å²) in [4.78, 5) is 22.4. The van der Waals surface area contributed by atoms with E-state index in [1.165, 1.54) is 11.3 Å². The van der Waals surface area contributed by atoms with E-state index in [-0.39, 0.29) is 18.3 Å². The quantitative estimate of drug-likeness (QED) is 0.439. The summed E-state index contributed by atoms with van der Waals surface area (Å²) in [5.41, 5.74) is 1.49. The smallest absolute Gasteiger partial charge is 0.260 e. The Morgan fingerprint density at radius 3 is 2.58 bits per heavy atom. The third-order valence-electron chi connectivity index (χ3n) is 5.43. The average Bonchev–Trinajstić information content (AvgIpc) is 3.25. The van der Waals surface area contributed by atoms with Gasteiger partial charge in [-0.05, 0) is 55.8 Å². The highest BCUT2D eigenvalue weighted by atomic mass is 35.5. The number of aromatic nitrogens is 1. The molecular weight excluding hydrogens is 462 g/mol. The molecule has 9 heteroatoms. The van der Waals surface area contributed by atoms with E-state index >= 15 is 0 Å². The van der Waals surface area contributed by atoms with Gasteiger partial charge in [-0.2, -0.15) is 0 Å². The molecule has 0 radical (unpaired) electrons. The molecule has 0 unspecified atom stereocenters. The van der Waals surface area contributed by atoms with Crippen molar-refractivity contribution in [2.24, 2.45) is 0 Å². The maximum absolute atomic E-state index is 13.5. The van der Waals surface area contributed by atoms with E-state index in [4.69, 9.17) is 19.2 Å². The second-order valence-electron chi connectivity index (χ2n) is 7.55. The molecule has 0 saturated carbocycles. The summed E-state index contributed by atoms with van der Waals surface area (Å²) in [5, 5.41) is 0.703. The molecular formula is C24H30ClN3O4S. The molecule has 3 aromatic rings. The molecule has 1 amide bonds. The standard InChI is InChI=1S/C24H29N3O4S.ClH/c1-3-31-19-7-5-18(6-8-19)23(28)27(12-4-11-26-13-15-30-16-14-26)24-25-21-10-9-20(29-2)17-22(21)32-24;/h5-10,17H,3-4,11-16H2,1-2H3;1H. The minimum absolute atomic E-state index is 0. The summed E-state index contributed by atoms with van der Waals surface area (Å²) in [6, 6.07) is 13.1. The van der Waals surface area contributed by atoms with E-state index in [2.05, 4.69) is 4.90 Å². The van der Waals surface area contributed by atoms with Crippen molar-refractivity contribution in [3.8, 4) is 11.5 Å². The predicted octanol–water partition coefficient (Wildman–Crippen LogP) is 4.49. The number of benzene rings is 2. The van der Waals surface area contributed by atoms with Gasteiger partial charge in [0.25, 0.3) is 5.91 Å². The number of fused-ring (bicyclic) bond motifs is 1. The normalized spacial score (nSPS) is 14.0. The number of rotatable bonds is 9. The Morgan fingerprint density at radius 1 is 1.15 bits per heavy atom. The van der Waals surface area contributed by atoms with Gasteiger partial charge in [0.15, 0.2) is 5.13 Å². The lowest BCUT2D eigenvalue weighted by Crippen LogP contribution is -2.39. The number of carbonyl (C=O) groups excluding carboxylic acids is 1.